The molecule has 6 heteroatoms. The van der Waals surface area contributed by atoms with E-state index in [0.29, 0.717) is 11.4 Å². The number of benzene rings is 1. The van der Waals surface area contributed by atoms with Crippen molar-refractivity contribution >= 4 is 11.6 Å². The van der Waals surface area contributed by atoms with Crippen LogP contribution >= 0.6 is 0 Å². The molecule has 0 aliphatic heterocycles. The van der Waals surface area contributed by atoms with Gasteiger partial charge in [-0.2, -0.15) is 5.10 Å². The third kappa shape index (κ3) is 2.31. The fourth-order valence-electron chi connectivity index (χ4n) is 1.85. The Kier molecular flexibility index (Phi) is 3.04. The first-order valence-corrected chi connectivity index (χ1v) is 6.06. The van der Waals surface area contributed by atoms with Crippen molar-refractivity contribution in [2.45, 2.75) is 6.92 Å². The highest BCUT2D eigenvalue weighted by Gasteiger charge is 2.13. The Bertz CT molecular complexity index is 731. The SMILES string of the molecule is Cc1ccc(C(=O)Nc2ccccc2-n2cncn2)o1. The van der Waals surface area contributed by atoms with Crippen LogP contribution in [0.25, 0.3) is 5.69 Å². The summed E-state index contributed by atoms with van der Waals surface area (Å²) >= 11 is 0. The van der Waals surface area contributed by atoms with Crippen LogP contribution in [0.5, 0.6) is 0 Å². The predicted octanol–water partition coefficient (Wildman–Crippen LogP) is 2.42. The van der Waals surface area contributed by atoms with Crippen LogP contribution in [0.3, 0.4) is 0 Å². The normalized spacial score (nSPS) is 10.4. The van der Waals surface area contributed by atoms with Gasteiger partial charge in [0.05, 0.1) is 11.4 Å². The second-order valence-electron chi connectivity index (χ2n) is 4.22. The molecule has 0 fully saturated rings. The van der Waals surface area contributed by atoms with Gasteiger partial charge in [-0.25, -0.2) is 9.67 Å². The van der Waals surface area contributed by atoms with Crippen LogP contribution in [0.1, 0.15) is 16.3 Å². The maximum absolute atomic E-state index is 12.1. The Labute approximate surface area is 115 Å². The minimum Gasteiger partial charge on any atom is -0.456 e. The van der Waals surface area contributed by atoms with Crippen LogP contribution in [-0.4, -0.2) is 20.7 Å². The van der Waals surface area contributed by atoms with Crippen LogP contribution in [0.4, 0.5) is 5.69 Å². The first kappa shape index (κ1) is 12.2. The van der Waals surface area contributed by atoms with E-state index in [2.05, 4.69) is 15.4 Å². The van der Waals surface area contributed by atoms with Crippen molar-refractivity contribution in [1.82, 2.24) is 14.8 Å². The zero-order chi connectivity index (χ0) is 13.9. The lowest BCUT2D eigenvalue weighted by Crippen LogP contribution is -2.13. The lowest BCUT2D eigenvalue weighted by Gasteiger charge is -2.09. The first-order valence-electron chi connectivity index (χ1n) is 6.06. The summed E-state index contributed by atoms with van der Waals surface area (Å²) in [5.41, 5.74) is 1.37. The molecule has 0 aliphatic carbocycles. The van der Waals surface area contributed by atoms with E-state index in [9.17, 15) is 4.79 Å². The summed E-state index contributed by atoms with van der Waals surface area (Å²) in [5, 5.41) is 6.87. The van der Waals surface area contributed by atoms with E-state index in [-0.39, 0.29) is 11.7 Å². The fraction of sp³-hybridized carbons (Fsp3) is 0.0714. The predicted molar refractivity (Wildman–Crippen MR) is 72.8 cm³/mol. The zero-order valence-electron chi connectivity index (χ0n) is 10.8. The second kappa shape index (κ2) is 5.00. The molecule has 0 saturated heterocycles. The van der Waals surface area contributed by atoms with Gasteiger partial charge in [-0.1, -0.05) is 12.1 Å². The molecule has 0 unspecified atom stereocenters. The highest BCUT2D eigenvalue weighted by Crippen LogP contribution is 2.19. The standard InChI is InChI=1S/C14H12N4O2/c1-10-6-7-13(20-10)14(19)17-11-4-2-3-5-12(11)18-9-15-8-16-18/h2-9H,1H3,(H,17,19). The van der Waals surface area contributed by atoms with Crippen LogP contribution in [-0.2, 0) is 0 Å². The average molecular weight is 268 g/mol. The molecule has 100 valence electrons. The number of hydrogen-bond donors (Lipinski definition) is 1. The van der Waals surface area contributed by atoms with Gasteiger partial charge in [0.15, 0.2) is 5.76 Å². The molecule has 0 saturated carbocycles. The lowest BCUT2D eigenvalue weighted by molar-refractivity contribution is 0.0995. The summed E-state index contributed by atoms with van der Waals surface area (Å²) in [5.74, 6) is 0.668. The number of aryl methyl sites for hydroxylation is 1. The Morgan fingerprint density at radius 1 is 1.25 bits per heavy atom. The van der Waals surface area contributed by atoms with E-state index < -0.39 is 0 Å². The molecular weight excluding hydrogens is 256 g/mol. The quantitative estimate of drug-likeness (QED) is 0.791. The molecule has 20 heavy (non-hydrogen) atoms. The van der Waals surface area contributed by atoms with Gasteiger partial charge >= 0.3 is 0 Å². The van der Waals surface area contributed by atoms with Crippen molar-refractivity contribution in [1.29, 1.82) is 0 Å². The summed E-state index contributed by atoms with van der Waals surface area (Å²) in [6.45, 7) is 1.79. The van der Waals surface area contributed by atoms with Crippen LogP contribution in [0, 0.1) is 6.92 Å². The molecular formula is C14H12N4O2. The first-order chi connectivity index (χ1) is 9.74. The van der Waals surface area contributed by atoms with Gasteiger partial charge in [0.2, 0.25) is 0 Å². The van der Waals surface area contributed by atoms with Crippen molar-refractivity contribution < 1.29 is 9.21 Å². The smallest absolute Gasteiger partial charge is 0.291 e. The Morgan fingerprint density at radius 2 is 2.10 bits per heavy atom. The summed E-state index contributed by atoms with van der Waals surface area (Å²) in [4.78, 5) is 16.0. The Hall–Kier alpha value is -2.89. The van der Waals surface area contributed by atoms with Crippen molar-refractivity contribution in [3.63, 3.8) is 0 Å². The van der Waals surface area contributed by atoms with Gasteiger partial charge in [-0.3, -0.25) is 4.79 Å². The molecule has 3 aromatic rings. The number of anilines is 1. The maximum Gasteiger partial charge on any atom is 0.291 e. The third-order valence-electron chi connectivity index (χ3n) is 2.78. The molecule has 1 aromatic carbocycles. The molecule has 0 aliphatic rings. The molecule has 6 nitrogen and oxygen atoms in total. The molecule has 0 radical (unpaired) electrons. The second-order valence-corrected chi connectivity index (χ2v) is 4.22. The molecule has 0 atom stereocenters. The fourth-order valence-corrected chi connectivity index (χ4v) is 1.85. The minimum atomic E-state index is -0.300. The summed E-state index contributed by atoms with van der Waals surface area (Å²) in [7, 11) is 0. The van der Waals surface area contributed by atoms with E-state index in [1.54, 1.807) is 36.1 Å². The van der Waals surface area contributed by atoms with E-state index >= 15 is 0 Å². The van der Waals surface area contributed by atoms with E-state index in [0.717, 1.165) is 5.69 Å². The lowest BCUT2D eigenvalue weighted by atomic mass is 10.2. The van der Waals surface area contributed by atoms with Gasteiger partial charge in [0, 0.05) is 0 Å². The largest absolute Gasteiger partial charge is 0.456 e. The molecule has 1 N–H and O–H groups in total. The number of nitrogens with zero attached hydrogens (tertiary/aromatic N) is 3. The van der Waals surface area contributed by atoms with Crippen LogP contribution < -0.4 is 5.32 Å². The summed E-state index contributed by atoms with van der Waals surface area (Å²) < 4.78 is 6.89. The third-order valence-corrected chi connectivity index (χ3v) is 2.78. The van der Waals surface area contributed by atoms with Gasteiger partial charge in [-0.05, 0) is 31.2 Å². The van der Waals surface area contributed by atoms with Gasteiger partial charge in [0.1, 0.15) is 18.4 Å². The zero-order valence-corrected chi connectivity index (χ0v) is 10.8. The number of aromatic nitrogens is 3. The Morgan fingerprint density at radius 3 is 2.80 bits per heavy atom. The molecule has 3 rings (SSSR count). The van der Waals surface area contributed by atoms with E-state index in [1.807, 2.05) is 18.2 Å². The maximum atomic E-state index is 12.1. The number of nitrogens with one attached hydrogen (secondary N) is 1. The van der Waals surface area contributed by atoms with E-state index in [4.69, 9.17) is 4.42 Å². The average Bonchev–Trinajstić information content (AvgIpc) is 3.10. The number of hydrogen-bond acceptors (Lipinski definition) is 4. The van der Waals surface area contributed by atoms with Gasteiger partial charge in [0.25, 0.3) is 5.91 Å². The van der Waals surface area contributed by atoms with Crippen LogP contribution in [0.15, 0.2) is 53.5 Å². The highest BCUT2D eigenvalue weighted by molar-refractivity contribution is 6.03. The molecule has 2 aromatic heterocycles. The van der Waals surface area contributed by atoms with Crippen molar-refractivity contribution in [3.8, 4) is 5.69 Å². The monoisotopic (exact) mass is 268 g/mol. The topological polar surface area (TPSA) is 73.0 Å². The Balaban J connectivity index is 1.90. The summed E-state index contributed by atoms with van der Waals surface area (Å²) in [6, 6.07) is 10.7. The number of furan rings is 1. The van der Waals surface area contributed by atoms with Crippen LogP contribution in [0.2, 0.25) is 0 Å². The number of para-hydroxylation sites is 2. The summed E-state index contributed by atoms with van der Waals surface area (Å²) in [6.07, 6.45) is 3.01. The molecule has 0 bridgehead atoms. The van der Waals surface area contributed by atoms with E-state index in [1.165, 1.54) is 6.33 Å². The highest BCUT2D eigenvalue weighted by atomic mass is 16.3. The van der Waals surface area contributed by atoms with Crippen molar-refractivity contribution in [3.05, 3.63) is 60.6 Å². The minimum absolute atomic E-state index is 0.274. The van der Waals surface area contributed by atoms with Crippen molar-refractivity contribution in [2.24, 2.45) is 0 Å². The molecule has 1 amide bonds. The number of rotatable bonds is 3. The van der Waals surface area contributed by atoms with Crippen molar-refractivity contribution in [2.75, 3.05) is 5.32 Å². The molecule has 2 heterocycles. The number of carbonyl (C=O) groups excluding carboxylic acids is 1. The number of carbonyl (C=O) groups is 1. The number of amides is 1. The molecule has 0 spiro atoms. The van der Waals surface area contributed by atoms with Gasteiger partial charge in [-0.15, -0.1) is 0 Å². The van der Waals surface area contributed by atoms with Gasteiger partial charge < -0.3 is 9.73 Å².